The van der Waals surface area contributed by atoms with Crippen LogP contribution in [0.4, 0.5) is 5.69 Å². The average Bonchev–Trinajstić information content (AvgIpc) is 2.47. The van der Waals surface area contributed by atoms with Crippen molar-refractivity contribution in [1.29, 1.82) is 0 Å². The minimum Gasteiger partial charge on any atom is -0.399 e. The largest absolute Gasteiger partial charge is 0.494 e. The maximum Gasteiger partial charge on any atom is 0.494 e. The molecule has 0 radical (unpaired) electrons. The standard InChI is InChI=1S/C13H20BNO2S/c1-12(2)13(3,4)17-14(16-12)10-5-9(8-18)6-11(15)7-10/h5-7,18H,8,15H2,1-4H3. The molecule has 2 rings (SSSR count). The number of thiol groups is 1. The third-order valence-electron chi connectivity index (χ3n) is 3.75. The summed E-state index contributed by atoms with van der Waals surface area (Å²) in [5, 5.41) is 0. The summed E-state index contributed by atoms with van der Waals surface area (Å²) in [7, 11) is -0.364. The van der Waals surface area contributed by atoms with E-state index in [1.54, 1.807) is 0 Å². The molecule has 0 atom stereocenters. The van der Waals surface area contributed by atoms with Crippen LogP contribution in [0.25, 0.3) is 0 Å². The van der Waals surface area contributed by atoms with Crippen LogP contribution in [0, 0.1) is 0 Å². The van der Waals surface area contributed by atoms with Crippen molar-refractivity contribution in [3.63, 3.8) is 0 Å². The van der Waals surface area contributed by atoms with Crippen LogP contribution >= 0.6 is 12.6 Å². The molecule has 0 spiro atoms. The molecule has 1 heterocycles. The number of benzene rings is 1. The van der Waals surface area contributed by atoms with Gasteiger partial charge in [-0.05, 0) is 50.9 Å². The first kappa shape index (κ1) is 13.8. The fraction of sp³-hybridized carbons (Fsp3) is 0.538. The minimum atomic E-state index is -0.364. The van der Waals surface area contributed by atoms with Crippen LogP contribution in [-0.2, 0) is 15.1 Å². The molecule has 98 valence electrons. The minimum absolute atomic E-state index is 0.330. The summed E-state index contributed by atoms with van der Waals surface area (Å²) in [5.41, 5.74) is 7.98. The Morgan fingerprint density at radius 1 is 1.11 bits per heavy atom. The topological polar surface area (TPSA) is 44.5 Å². The average molecular weight is 265 g/mol. The van der Waals surface area contributed by atoms with Gasteiger partial charge in [0.15, 0.2) is 0 Å². The van der Waals surface area contributed by atoms with Crippen molar-refractivity contribution in [3.8, 4) is 0 Å². The predicted octanol–water partition coefficient (Wildman–Crippen LogP) is 2.00. The zero-order valence-corrected chi connectivity index (χ0v) is 12.3. The third kappa shape index (κ3) is 2.39. The molecular weight excluding hydrogens is 245 g/mol. The molecule has 3 nitrogen and oxygen atoms in total. The second kappa shape index (κ2) is 4.47. The Morgan fingerprint density at radius 3 is 2.17 bits per heavy atom. The van der Waals surface area contributed by atoms with Gasteiger partial charge in [-0.3, -0.25) is 0 Å². The van der Waals surface area contributed by atoms with Crippen molar-refractivity contribution in [1.82, 2.24) is 0 Å². The first-order chi connectivity index (χ1) is 8.25. The Hall–Kier alpha value is -0.645. The highest BCUT2D eigenvalue weighted by atomic mass is 32.1. The molecule has 5 heteroatoms. The van der Waals surface area contributed by atoms with Crippen molar-refractivity contribution in [3.05, 3.63) is 23.8 Å². The highest BCUT2D eigenvalue weighted by Gasteiger charge is 2.51. The summed E-state index contributed by atoms with van der Waals surface area (Å²) < 4.78 is 12.0. The zero-order chi connectivity index (χ0) is 13.6. The number of rotatable bonds is 2. The lowest BCUT2D eigenvalue weighted by Gasteiger charge is -2.32. The Kier molecular flexibility index (Phi) is 3.43. The Balaban J connectivity index is 2.32. The van der Waals surface area contributed by atoms with Gasteiger partial charge in [-0.15, -0.1) is 0 Å². The SMILES string of the molecule is CC1(C)OB(c2cc(N)cc(CS)c2)OC1(C)C. The maximum absolute atomic E-state index is 6.00. The van der Waals surface area contributed by atoms with Gasteiger partial charge in [0.25, 0.3) is 0 Å². The molecule has 0 amide bonds. The number of nitrogen functional groups attached to an aromatic ring is 1. The third-order valence-corrected chi connectivity index (χ3v) is 4.11. The van der Waals surface area contributed by atoms with Crippen molar-refractivity contribution in [2.45, 2.75) is 44.6 Å². The molecule has 0 bridgehead atoms. The molecule has 0 aliphatic carbocycles. The van der Waals surface area contributed by atoms with Gasteiger partial charge in [0.1, 0.15) is 0 Å². The molecule has 1 aromatic carbocycles. The Bertz CT molecular complexity index is 446. The van der Waals surface area contributed by atoms with Crippen molar-refractivity contribution >= 4 is 30.9 Å². The van der Waals surface area contributed by atoms with Crippen molar-refractivity contribution in [2.24, 2.45) is 0 Å². The summed E-state index contributed by atoms with van der Waals surface area (Å²) in [4.78, 5) is 0. The maximum atomic E-state index is 6.00. The van der Waals surface area contributed by atoms with Crippen molar-refractivity contribution < 1.29 is 9.31 Å². The van der Waals surface area contributed by atoms with Crippen LogP contribution in [0.15, 0.2) is 18.2 Å². The molecule has 18 heavy (non-hydrogen) atoms. The Labute approximate surface area is 115 Å². The summed E-state index contributed by atoms with van der Waals surface area (Å²) in [6.45, 7) is 8.16. The predicted molar refractivity (Wildman–Crippen MR) is 79.3 cm³/mol. The van der Waals surface area contributed by atoms with Gasteiger partial charge in [-0.1, -0.05) is 6.07 Å². The fourth-order valence-electron chi connectivity index (χ4n) is 1.95. The highest BCUT2D eigenvalue weighted by molar-refractivity contribution is 7.79. The molecule has 1 aliphatic heterocycles. The van der Waals surface area contributed by atoms with Crippen LogP contribution in [0.5, 0.6) is 0 Å². The lowest BCUT2D eigenvalue weighted by Crippen LogP contribution is -2.41. The monoisotopic (exact) mass is 265 g/mol. The molecule has 1 saturated heterocycles. The van der Waals surface area contributed by atoms with Crippen LogP contribution in [0.3, 0.4) is 0 Å². The van der Waals surface area contributed by atoms with Crippen LogP contribution in [0.1, 0.15) is 33.3 Å². The van der Waals surface area contributed by atoms with E-state index >= 15 is 0 Å². The zero-order valence-electron chi connectivity index (χ0n) is 11.4. The van der Waals surface area contributed by atoms with Gasteiger partial charge in [0, 0.05) is 11.4 Å². The first-order valence-corrected chi connectivity index (χ1v) is 6.74. The van der Waals surface area contributed by atoms with Gasteiger partial charge in [-0.2, -0.15) is 12.6 Å². The summed E-state index contributed by atoms with van der Waals surface area (Å²) in [6, 6.07) is 5.85. The van der Waals surface area contributed by atoms with Crippen molar-refractivity contribution in [2.75, 3.05) is 5.73 Å². The Morgan fingerprint density at radius 2 is 1.67 bits per heavy atom. The van der Waals surface area contributed by atoms with Gasteiger partial charge < -0.3 is 15.0 Å². The smallest absolute Gasteiger partial charge is 0.399 e. The van der Waals surface area contributed by atoms with E-state index in [4.69, 9.17) is 15.0 Å². The lowest BCUT2D eigenvalue weighted by atomic mass is 9.78. The second-order valence-electron chi connectivity index (χ2n) is 5.75. The summed E-state index contributed by atoms with van der Waals surface area (Å²) in [5.74, 6) is 0.650. The van der Waals surface area contributed by atoms with Gasteiger partial charge >= 0.3 is 7.12 Å². The van der Waals surface area contributed by atoms with E-state index in [9.17, 15) is 0 Å². The van der Waals surface area contributed by atoms with Gasteiger partial charge in [0.2, 0.25) is 0 Å². The number of nitrogens with two attached hydrogens (primary N) is 1. The quantitative estimate of drug-likeness (QED) is 0.488. The fourth-order valence-corrected chi connectivity index (χ4v) is 2.13. The molecular formula is C13H20BNO2S. The van der Waals surface area contributed by atoms with Crippen LogP contribution < -0.4 is 11.2 Å². The number of hydrogen-bond donors (Lipinski definition) is 2. The highest BCUT2D eigenvalue weighted by Crippen LogP contribution is 2.36. The van der Waals surface area contributed by atoms with E-state index in [0.717, 1.165) is 11.0 Å². The molecule has 1 aliphatic rings. The first-order valence-electron chi connectivity index (χ1n) is 6.11. The number of anilines is 1. The van der Waals surface area contributed by atoms with Gasteiger partial charge in [0.05, 0.1) is 11.2 Å². The van der Waals surface area contributed by atoms with Crippen LogP contribution in [-0.4, -0.2) is 18.3 Å². The van der Waals surface area contributed by atoms with E-state index < -0.39 is 0 Å². The molecule has 2 N–H and O–H groups in total. The van der Waals surface area contributed by atoms with Gasteiger partial charge in [-0.25, -0.2) is 0 Å². The van der Waals surface area contributed by atoms with E-state index in [1.807, 2.05) is 45.9 Å². The van der Waals surface area contributed by atoms with E-state index in [0.29, 0.717) is 11.4 Å². The van der Waals surface area contributed by atoms with Crippen LogP contribution in [0.2, 0.25) is 0 Å². The van der Waals surface area contributed by atoms with E-state index in [1.165, 1.54) is 0 Å². The van der Waals surface area contributed by atoms with E-state index in [-0.39, 0.29) is 18.3 Å². The summed E-state index contributed by atoms with van der Waals surface area (Å²) >= 11 is 4.28. The normalized spacial score (nSPS) is 21.3. The lowest BCUT2D eigenvalue weighted by molar-refractivity contribution is 0.00578. The second-order valence-corrected chi connectivity index (χ2v) is 6.07. The summed E-state index contributed by atoms with van der Waals surface area (Å²) in [6.07, 6.45) is 0. The molecule has 0 unspecified atom stereocenters. The molecule has 1 aromatic rings. The molecule has 0 aromatic heterocycles. The molecule has 0 saturated carbocycles. The molecule has 1 fully saturated rings. The number of hydrogen-bond acceptors (Lipinski definition) is 4. The van der Waals surface area contributed by atoms with E-state index in [2.05, 4.69) is 12.6 Å².